The molecular formula is C9H16N2O3. The predicted octanol–water partition coefficient (Wildman–Crippen LogP) is 1.03. The minimum Gasteiger partial charge on any atom is -0.390 e. The number of methoxy groups -OCH3 is 1. The number of ether oxygens (including phenoxy) is 1. The van der Waals surface area contributed by atoms with E-state index in [1.807, 2.05) is 0 Å². The van der Waals surface area contributed by atoms with Crippen LogP contribution in [0.4, 0.5) is 0 Å². The maximum absolute atomic E-state index is 11.2. The van der Waals surface area contributed by atoms with Gasteiger partial charge in [-0.3, -0.25) is 0 Å². The summed E-state index contributed by atoms with van der Waals surface area (Å²) in [7, 11) is 1.54. The molecule has 1 aromatic heterocycles. The van der Waals surface area contributed by atoms with Gasteiger partial charge < -0.3 is 9.15 Å². The standard InChI is InChI=1S/C9H16N2O3/c1-4-7(2)5-11-9(12)14-8(10-11)6-13-3/h7H,4-6H2,1-3H3/t7-/m1/s1. The zero-order valence-electron chi connectivity index (χ0n) is 8.82. The van der Waals surface area contributed by atoms with Crippen LogP contribution < -0.4 is 5.76 Å². The molecule has 0 bridgehead atoms. The van der Waals surface area contributed by atoms with Crippen LogP contribution >= 0.6 is 0 Å². The van der Waals surface area contributed by atoms with Crippen molar-refractivity contribution in [3.05, 3.63) is 16.4 Å². The lowest BCUT2D eigenvalue weighted by Gasteiger charge is -2.04. The van der Waals surface area contributed by atoms with Gasteiger partial charge in [0.2, 0.25) is 5.89 Å². The Morgan fingerprint density at radius 1 is 1.64 bits per heavy atom. The maximum Gasteiger partial charge on any atom is 0.437 e. The van der Waals surface area contributed by atoms with Crippen LogP contribution in [-0.4, -0.2) is 16.9 Å². The van der Waals surface area contributed by atoms with E-state index in [1.54, 1.807) is 0 Å². The largest absolute Gasteiger partial charge is 0.437 e. The second-order valence-corrected chi connectivity index (χ2v) is 3.39. The highest BCUT2D eigenvalue weighted by atomic mass is 16.5. The first kappa shape index (κ1) is 11.0. The first-order chi connectivity index (χ1) is 6.67. The molecule has 5 heteroatoms. The van der Waals surface area contributed by atoms with Gasteiger partial charge in [0.15, 0.2) is 0 Å². The summed E-state index contributed by atoms with van der Waals surface area (Å²) in [5.41, 5.74) is 0. The molecule has 14 heavy (non-hydrogen) atoms. The highest BCUT2D eigenvalue weighted by Gasteiger charge is 2.09. The fraction of sp³-hybridized carbons (Fsp3) is 0.778. The lowest BCUT2D eigenvalue weighted by molar-refractivity contribution is 0.158. The second-order valence-electron chi connectivity index (χ2n) is 3.39. The molecule has 1 rings (SSSR count). The summed E-state index contributed by atoms with van der Waals surface area (Å²) >= 11 is 0. The molecule has 0 fully saturated rings. The van der Waals surface area contributed by atoms with E-state index in [2.05, 4.69) is 18.9 Å². The molecule has 0 N–H and O–H groups in total. The summed E-state index contributed by atoms with van der Waals surface area (Å²) in [5, 5.41) is 4.00. The highest BCUT2D eigenvalue weighted by Crippen LogP contribution is 2.02. The molecule has 80 valence electrons. The molecule has 0 amide bonds. The molecule has 1 aromatic rings. The third kappa shape index (κ3) is 2.70. The molecule has 0 unspecified atom stereocenters. The fourth-order valence-corrected chi connectivity index (χ4v) is 1.07. The number of hydrogen-bond donors (Lipinski definition) is 0. The highest BCUT2D eigenvalue weighted by molar-refractivity contribution is 4.71. The van der Waals surface area contributed by atoms with Gasteiger partial charge in [0.05, 0.1) is 6.54 Å². The van der Waals surface area contributed by atoms with Crippen LogP contribution in [0.2, 0.25) is 0 Å². The molecule has 0 saturated heterocycles. The van der Waals surface area contributed by atoms with E-state index in [0.717, 1.165) is 6.42 Å². The Labute approximate surface area is 82.7 Å². The van der Waals surface area contributed by atoms with Crippen molar-refractivity contribution in [2.75, 3.05) is 7.11 Å². The van der Waals surface area contributed by atoms with E-state index in [0.29, 0.717) is 18.4 Å². The third-order valence-corrected chi connectivity index (χ3v) is 2.10. The number of hydrogen-bond acceptors (Lipinski definition) is 4. The average molecular weight is 200 g/mol. The first-order valence-electron chi connectivity index (χ1n) is 4.73. The molecule has 0 aliphatic carbocycles. The monoisotopic (exact) mass is 200 g/mol. The zero-order valence-corrected chi connectivity index (χ0v) is 8.82. The van der Waals surface area contributed by atoms with E-state index in [-0.39, 0.29) is 6.61 Å². The quantitative estimate of drug-likeness (QED) is 0.712. The van der Waals surface area contributed by atoms with Gasteiger partial charge >= 0.3 is 5.76 Å². The number of rotatable bonds is 5. The van der Waals surface area contributed by atoms with Crippen LogP contribution in [0, 0.1) is 5.92 Å². The molecule has 0 aliphatic heterocycles. The van der Waals surface area contributed by atoms with Gasteiger partial charge in [0.1, 0.15) is 6.61 Å². The van der Waals surface area contributed by atoms with Gasteiger partial charge in [-0.25, -0.2) is 4.79 Å². The van der Waals surface area contributed by atoms with Gasteiger partial charge in [0.25, 0.3) is 0 Å². The van der Waals surface area contributed by atoms with Crippen molar-refractivity contribution in [2.24, 2.45) is 5.92 Å². The van der Waals surface area contributed by atoms with Crippen LogP contribution in [0.25, 0.3) is 0 Å². The van der Waals surface area contributed by atoms with Gasteiger partial charge in [-0.1, -0.05) is 20.3 Å². The molecule has 0 saturated carbocycles. The SMILES string of the molecule is CC[C@@H](C)Cn1nc(COC)oc1=O. The van der Waals surface area contributed by atoms with E-state index >= 15 is 0 Å². The van der Waals surface area contributed by atoms with Crippen molar-refractivity contribution in [1.29, 1.82) is 0 Å². The number of aromatic nitrogens is 2. The maximum atomic E-state index is 11.2. The normalized spacial score (nSPS) is 13.1. The van der Waals surface area contributed by atoms with Crippen LogP contribution in [0.15, 0.2) is 9.21 Å². The van der Waals surface area contributed by atoms with Crippen molar-refractivity contribution < 1.29 is 9.15 Å². The lowest BCUT2D eigenvalue weighted by atomic mass is 10.1. The Morgan fingerprint density at radius 2 is 2.36 bits per heavy atom. The Kier molecular flexibility index (Phi) is 3.88. The molecule has 5 nitrogen and oxygen atoms in total. The van der Waals surface area contributed by atoms with Crippen molar-refractivity contribution in [1.82, 2.24) is 9.78 Å². The minimum absolute atomic E-state index is 0.239. The Hall–Kier alpha value is -1.10. The average Bonchev–Trinajstić information content (AvgIpc) is 2.47. The molecule has 0 spiro atoms. The minimum atomic E-state index is -0.405. The fourth-order valence-electron chi connectivity index (χ4n) is 1.07. The van der Waals surface area contributed by atoms with Gasteiger partial charge in [-0.15, -0.1) is 5.10 Å². The molecule has 0 radical (unpaired) electrons. The van der Waals surface area contributed by atoms with Crippen molar-refractivity contribution in [3.63, 3.8) is 0 Å². The topological polar surface area (TPSA) is 57.3 Å². The van der Waals surface area contributed by atoms with Gasteiger partial charge in [0, 0.05) is 7.11 Å². The smallest absolute Gasteiger partial charge is 0.390 e. The Bertz CT molecular complexity index is 329. The van der Waals surface area contributed by atoms with Crippen LogP contribution in [0.1, 0.15) is 26.2 Å². The lowest BCUT2D eigenvalue weighted by Crippen LogP contribution is -2.19. The summed E-state index contributed by atoms with van der Waals surface area (Å²) in [5.74, 6) is 0.353. The van der Waals surface area contributed by atoms with E-state index < -0.39 is 5.76 Å². The van der Waals surface area contributed by atoms with Gasteiger partial charge in [-0.2, -0.15) is 4.68 Å². The molecule has 1 heterocycles. The van der Waals surface area contributed by atoms with Crippen molar-refractivity contribution in [2.45, 2.75) is 33.4 Å². The summed E-state index contributed by atoms with van der Waals surface area (Å²) in [6.45, 7) is 4.98. The van der Waals surface area contributed by atoms with Crippen LogP contribution in [-0.2, 0) is 17.9 Å². The summed E-state index contributed by atoms with van der Waals surface area (Å²) in [6.07, 6.45) is 1.01. The summed E-state index contributed by atoms with van der Waals surface area (Å²) in [6, 6.07) is 0. The second kappa shape index (κ2) is 4.95. The predicted molar refractivity (Wildman–Crippen MR) is 50.9 cm³/mol. The van der Waals surface area contributed by atoms with Crippen LogP contribution in [0.5, 0.6) is 0 Å². The molecular weight excluding hydrogens is 184 g/mol. The molecule has 0 aliphatic rings. The van der Waals surface area contributed by atoms with Gasteiger partial charge in [-0.05, 0) is 5.92 Å². The Morgan fingerprint density at radius 3 is 2.93 bits per heavy atom. The molecule has 1 atom stereocenters. The van der Waals surface area contributed by atoms with E-state index in [1.165, 1.54) is 11.8 Å². The third-order valence-electron chi connectivity index (χ3n) is 2.10. The van der Waals surface area contributed by atoms with Crippen molar-refractivity contribution in [3.8, 4) is 0 Å². The van der Waals surface area contributed by atoms with Crippen LogP contribution in [0.3, 0.4) is 0 Å². The Balaban J connectivity index is 2.72. The summed E-state index contributed by atoms with van der Waals surface area (Å²) < 4.78 is 11.0. The molecule has 0 aromatic carbocycles. The van der Waals surface area contributed by atoms with E-state index in [4.69, 9.17) is 9.15 Å². The number of nitrogens with zero attached hydrogens (tertiary/aromatic N) is 2. The summed E-state index contributed by atoms with van der Waals surface area (Å²) in [4.78, 5) is 11.2. The first-order valence-corrected chi connectivity index (χ1v) is 4.73. The zero-order chi connectivity index (χ0) is 10.6. The van der Waals surface area contributed by atoms with E-state index in [9.17, 15) is 4.79 Å². The van der Waals surface area contributed by atoms with Crippen molar-refractivity contribution >= 4 is 0 Å².